The van der Waals surface area contributed by atoms with Gasteiger partial charge in [0, 0.05) is 19.0 Å². The number of aryl methyl sites for hydroxylation is 1. The van der Waals surface area contributed by atoms with Gasteiger partial charge >= 0.3 is 12.4 Å². The molecule has 0 amide bonds. The van der Waals surface area contributed by atoms with Gasteiger partial charge in [-0.2, -0.15) is 26.3 Å². The van der Waals surface area contributed by atoms with Gasteiger partial charge in [0.1, 0.15) is 5.60 Å². The maximum absolute atomic E-state index is 14.1. The van der Waals surface area contributed by atoms with Gasteiger partial charge in [-0.1, -0.05) is 18.2 Å². The first kappa shape index (κ1) is 30.3. The molecule has 1 fully saturated rings. The van der Waals surface area contributed by atoms with Crippen molar-refractivity contribution >= 4 is 11.3 Å². The summed E-state index contributed by atoms with van der Waals surface area (Å²) < 4.78 is 116. The Morgan fingerprint density at radius 2 is 1.70 bits per heavy atom. The number of hydrogen-bond donors (Lipinski definition) is 1. The minimum Gasteiger partial charge on any atom is -0.415 e. The van der Waals surface area contributed by atoms with Crippen molar-refractivity contribution in [1.82, 2.24) is 20.1 Å². The highest BCUT2D eigenvalue weighted by atomic mass is 32.1. The van der Waals surface area contributed by atoms with E-state index in [1.807, 2.05) is 0 Å². The van der Waals surface area contributed by atoms with Crippen LogP contribution in [0, 0.1) is 6.92 Å². The molecule has 1 aromatic carbocycles. The Balaban J connectivity index is 1.82. The second-order valence-corrected chi connectivity index (χ2v) is 11.7. The minimum absolute atomic E-state index is 0.0704. The first-order chi connectivity index (χ1) is 18.1. The maximum Gasteiger partial charge on any atom is 0.406 e. The second kappa shape index (κ2) is 9.72. The van der Waals surface area contributed by atoms with E-state index in [2.05, 4.69) is 15.2 Å². The number of thiazole rings is 1. The van der Waals surface area contributed by atoms with Crippen LogP contribution in [0.25, 0.3) is 21.3 Å². The molecule has 0 radical (unpaired) electrons. The quantitative estimate of drug-likeness (QED) is 0.308. The molecule has 1 saturated heterocycles. The number of aliphatic hydroxyl groups is 1. The van der Waals surface area contributed by atoms with Crippen LogP contribution in [0.2, 0.25) is 0 Å². The van der Waals surface area contributed by atoms with Crippen molar-refractivity contribution in [2.24, 2.45) is 0 Å². The smallest absolute Gasteiger partial charge is 0.406 e. The molecule has 1 aliphatic rings. The van der Waals surface area contributed by atoms with Crippen LogP contribution < -0.4 is 0 Å². The third-order valence-corrected chi connectivity index (χ3v) is 8.13. The van der Waals surface area contributed by atoms with Crippen molar-refractivity contribution < 1.29 is 44.6 Å². The minimum atomic E-state index is -5.62. The zero-order chi connectivity index (χ0) is 30.1. The van der Waals surface area contributed by atoms with Gasteiger partial charge in [0.2, 0.25) is 5.89 Å². The van der Waals surface area contributed by atoms with Crippen molar-refractivity contribution in [3.05, 3.63) is 40.9 Å². The largest absolute Gasteiger partial charge is 0.415 e. The number of alkyl halides is 8. The summed E-state index contributed by atoms with van der Waals surface area (Å²) in [6.07, 6.45) is -11.6. The zero-order valence-electron chi connectivity index (χ0n) is 22.0. The number of aromatic nitrogens is 3. The molecule has 0 aliphatic carbocycles. The van der Waals surface area contributed by atoms with Gasteiger partial charge in [-0.25, -0.2) is 13.8 Å². The summed E-state index contributed by atoms with van der Waals surface area (Å²) in [6, 6.07) is 2.21. The van der Waals surface area contributed by atoms with Crippen LogP contribution in [0.3, 0.4) is 0 Å². The van der Waals surface area contributed by atoms with E-state index in [0.717, 1.165) is 29.5 Å². The normalized spacial score (nSPS) is 19.0. The van der Waals surface area contributed by atoms with Gasteiger partial charge in [0.15, 0.2) is 10.4 Å². The van der Waals surface area contributed by atoms with E-state index in [9.17, 15) is 40.2 Å². The molecule has 3 aromatic rings. The average molecular weight is 599 g/mol. The summed E-state index contributed by atoms with van der Waals surface area (Å²) in [5, 5.41) is 18.0. The molecule has 2 aromatic heterocycles. The molecule has 3 heterocycles. The highest BCUT2D eigenvalue weighted by molar-refractivity contribution is 7.18. The maximum atomic E-state index is 14.1. The SMILES string of the molecule is Cc1cc(C(C)(C(F)(F)F)C(F)(F)F)ccc1-c1sc(-c2nnc(C(C)(C)O)o2)nc1CN1CC(F)(F)C[C@@H]1C. The van der Waals surface area contributed by atoms with E-state index in [1.165, 1.54) is 25.7 Å². The standard InChI is InChI=1S/C25H26F8N4O2S/c1-12-8-14(22(5,24(28,29)30)25(31,32)33)6-7-15(12)17-16(10-37-11-23(26,27)9-13(37)2)34-19(40-17)18-35-36-20(39-18)21(3,4)38/h6-8,13,38H,9-11H2,1-5H3/t13-/m0/s1. The topological polar surface area (TPSA) is 75.3 Å². The first-order valence-electron chi connectivity index (χ1n) is 12.1. The average Bonchev–Trinajstić information content (AvgIpc) is 3.49. The summed E-state index contributed by atoms with van der Waals surface area (Å²) in [4.78, 5) is 6.31. The summed E-state index contributed by atoms with van der Waals surface area (Å²) in [7, 11) is 0. The van der Waals surface area contributed by atoms with Crippen LogP contribution in [0.5, 0.6) is 0 Å². The van der Waals surface area contributed by atoms with Crippen molar-refractivity contribution in [2.45, 2.75) is 82.9 Å². The van der Waals surface area contributed by atoms with Crippen molar-refractivity contribution in [2.75, 3.05) is 6.54 Å². The van der Waals surface area contributed by atoms with E-state index in [-0.39, 0.29) is 53.5 Å². The molecule has 1 atom stereocenters. The second-order valence-electron chi connectivity index (χ2n) is 10.7. The van der Waals surface area contributed by atoms with Crippen LogP contribution in [0.1, 0.15) is 56.8 Å². The number of rotatable bonds is 6. The highest BCUT2D eigenvalue weighted by Gasteiger charge is 2.68. The molecular weight excluding hydrogens is 572 g/mol. The fourth-order valence-corrected chi connectivity index (χ4v) is 5.60. The van der Waals surface area contributed by atoms with E-state index in [1.54, 1.807) is 6.92 Å². The van der Waals surface area contributed by atoms with E-state index in [4.69, 9.17) is 4.42 Å². The number of benzene rings is 1. The van der Waals surface area contributed by atoms with Crippen LogP contribution in [0.15, 0.2) is 22.6 Å². The molecule has 0 spiro atoms. The van der Waals surface area contributed by atoms with Gasteiger partial charge in [-0.3, -0.25) is 4.90 Å². The summed E-state index contributed by atoms with van der Waals surface area (Å²) in [5.74, 6) is -3.14. The summed E-state index contributed by atoms with van der Waals surface area (Å²) in [5.41, 5.74) is -5.94. The molecule has 1 N–H and O–H groups in total. The van der Waals surface area contributed by atoms with Gasteiger partial charge in [-0.05, 0) is 51.3 Å². The third-order valence-electron chi connectivity index (χ3n) is 7.02. The molecule has 15 heteroatoms. The predicted molar refractivity (Wildman–Crippen MR) is 130 cm³/mol. The molecule has 0 unspecified atom stereocenters. The molecule has 1 aliphatic heterocycles. The van der Waals surface area contributed by atoms with Crippen molar-refractivity contribution in [3.63, 3.8) is 0 Å². The lowest BCUT2D eigenvalue weighted by Gasteiger charge is -2.34. The fourth-order valence-electron chi connectivity index (χ4n) is 4.52. The monoisotopic (exact) mass is 598 g/mol. The summed E-state index contributed by atoms with van der Waals surface area (Å²) >= 11 is 0.965. The lowest BCUT2D eigenvalue weighted by Crippen LogP contribution is -2.51. The van der Waals surface area contributed by atoms with Crippen molar-refractivity contribution in [3.8, 4) is 21.3 Å². The Hall–Kier alpha value is -2.65. The van der Waals surface area contributed by atoms with Gasteiger partial charge in [-0.15, -0.1) is 21.5 Å². The van der Waals surface area contributed by atoms with Crippen LogP contribution >= 0.6 is 11.3 Å². The lowest BCUT2D eigenvalue weighted by atomic mass is 9.79. The third kappa shape index (κ3) is 5.47. The lowest BCUT2D eigenvalue weighted by molar-refractivity contribution is -0.297. The Morgan fingerprint density at radius 3 is 2.17 bits per heavy atom. The first-order valence-corrected chi connectivity index (χ1v) is 12.9. The molecule has 4 rings (SSSR count). The Kier molecular flexibility index (Phi) is 7.37. The van der Waals surface area contributed by atoms with E-state index >= 15 is 0 Å². The highest BCUT2D eigenvalue weighted by Crippen LogP contribution is 2.52. The van der Waals surface area contributed by atoms with E-state index in [0.29, 0.717) is 4.88 Å². The molecule has 40 heavy (non-hydrogen) atoms. The molecule has 220 valence electrons. The van der Waals surface area contributed by atoms with Gasteiger partial charge < -0.3 is 9.52 Å². The molecular formula is C25H26F8N4O2S. The van der Waals surface area contributed by atoms with Crippen molar-refractivity contribution in [1.29, 1.82) is 0 Å². The Labute approximate surface area is 228 Å². The Morgan fingerprint density at radius 1 is 1.07 bits per heavy atom. The number of halogens is 8. The summed E-state index contributed by atoms with van der Waals surface area (Å²) in [6.45, 7) is 5.29. The van der Waals surface area contributed by atoms with E-state index < -0.39 is 47.4 Å². The molecule has 0 bridgehead atoms. The fraction of sp³-hybridized carbons (Fsp3) is 0.560. The van der Waals surface area contributed by atoms with Crippen LogP contribution in [0.4, 0.5) is 35.1 Å². The molecule has 0 saturated carbocycles. The van der Waals surface area contributed by atoms with Gasteiger partial charge in [0.25, 0.3) is 11.8 Å². The van der Waals surface area contributed by atoms with Crippen LogP contribution in [-0.2, 0) is 17.6 Å². The van der Waals surface area contributed by atoms with Gasteiger partial charge in [0.05, 0.1) is 17.1 Å². The number of nitrogens with zero attached hydrogens (tertiary/aromatic N) is 4. The Bertz CT molecular complexity index is 1380. The number of hydrogen-bond acceptors (Lipinski definition) is 7. The van der Waals surface area contributed by atoms with Crippen LogP contribution in [-0.4, -0.2) is 56.0 Å². The predicted octanol–water partition coefficient (Wildman–Crippen LogP) is 7.01. The molecule has 6 nitrogen and oxygen atoms in total. The number of likely N-dealkylation sites (tertiary alicyclic amines) is 1. The zero-order valence-corrected chi connectivity index (χ0v) is 22.8.